The lowest BCUT2D eigenvalue weighted by Gasteiger charge is -2.10. The van der Waals surface area contributed by atoms with Gasteiger partial charge in [0.1, 0.15) is 5.03 Å². The minimum Gasteiger partial charge on any atom is -0.476 e. The molecule has 0 bridgehead atoms. The Hall–Kier alpha value is -1.86. The topological polar surface area (TPSA) is 101 Å². The molecule has 8 heteroatoms. The molecule has 0 atom stereocenters. The highest BCUT2D eigenvalue weighted by atomic mass is 35.5. The lowest BCUT2D eigenvalue weighted by molar-refractivity contribution is -0.133. The van der Waals surface area contributed by atoms with E-state index in [1.807, 2.05) is 18.2 Å². The van der Waals surface area contributed by atoms with Crippen LogP contribution in [-0.2, 0) is 4.79 Å². The zero-order chi connectivity index (χ0) is 17.0. The number of carbonyl (C=O) groups is 1. The number of nitrogens with two attached hydrogens (primary N) is 2. The van der Waals surface area contributed by atoms with Crippen LogP contribution in [0.4, 0.5) is 0 Å². The molecule has 0 aromatic heterocycles. The Morgan fingerprint density at radius 1 is 1.09 bits per heavy atom. The predicted molar refractivity (Wildman–Crippen MR) is 93.9 cm³/mol. The number of hydrogen-bond donors (Lipinski definition) is 4. The molecule has 0 aliphatic carbocycles. The van der Waals surface area contributed by atoms with Gasteiger partial charge >= 0.3 is 5.97 Å². The second kappa shape index (κ2) is 7.61. The van der Waals surface area contributed by atoms with Crippen molar-refractivity contribution in [2.45, 2.75) is 4.90 Å². The molecular weight excluding hydrogens is 357 g/mol. The normalized spacial score (nSPS) is 11.8. The molecular formula is C15H13Cl2N3O2S. The van der Waals surface area contributed by atoms with Gasteiger partial charge in [0, 0.05) is 9.92 Å². The minimum atomic E-state index is -1.24. The average Bonchev–Trinajstić information content (AvgIpc) is 2.50. The highest BCUT2D eigenvalue weighted by Gasteiger charge is 2.13. The molecule has 5 nitrogen and oxygen atoms in total. The zero-order valence-electron chi connectivity index (χ0n) is 11.7. The van der Waals surface area contributed by atoms with Gasteiger partial charge in [-0.3, -0.25) is 5.84 Å². The zero-order valence-corrected chi connectivity index (χ0v) is 14.0. The predicted octanol–water partition coefficient (Wildman–Crippen LogP) is 3.43. The number of benzene rings is 2. The molecule has 0 aliphatic rings. The Labute approximate surface area is 147 Å². The van der Waals surface area contributed by atoms with Crippen LogP contribution in [0.2, 0.25) is 10.0 Å². The van der Waals surface area contributed by atoms with Crippen LogP contribution in [0.3, 0.4) is 0 Å². The van der Waals surface area contributed by atoms with Gasteiger partial charge in [0.05, 0.1) is 5.02 Å². The summed E-state index contributed by atoms with van der Waals surface area (Å²) in [6.07, 6.45) is 0. The molecule has 0 unspecified atom stereocenters. The molecule has 2 aromatic carbocycles. The summed E-state index contributed by atoms with van der Waals surface area (Å²) in [4.78, 5) is 11.6. The summed E-state index contributed by atoms with van der Waals surface area (Å²) in [5.74, 6) is 3.91. The third-order valence-corrected chi connectivity index (χ3v) is 4.61. The van der Waals surface area contributed by atoms with Gasteiger partial charge in [-0.25, -0.2) is 4.79 Å². The molecule has 0 radical (unpaired) electrons. The van der Waals surface area contributed by atoms with Crippen molar-refractivity contribution in [3.8, 4) is 11.1 Å². The van der Waals surface area contributed by atoms with Crippen LogP contribution in [0.5, 0.6) is 0 Å². The number of carboxylic acid groups (broad SMARTS) is 1. The van der Waals surface area contributed by atoms with Crippen molar-refractivity contribution in [2.24, 2.45) is 11.6 Å². The maximum atomic E-state index is 11.0. The van der Waals surface area contributed by atoms with Crippen LogP contribution in [0.25, 0.3) is 11.1 Å². The van der Waals surface area contributed by atoms with Crippen molar-refractivity contribution in [1.29, 1.82) is 0 Å². The van der Waals surface area contributed by atoms with Gasteiger partial charge in [-0.2, -0.15) is 0 Å². The smallest absolute Gasteiger partial charge is 0.356 e. The van der Waals surface area contributed by atoms with Gasteiger partial charge in [0.2, 0.25) is 0 Å². The van der Waals surface area contributed by atoms with Crippen LogP contribution in [0, 0.1) is 0 Å². The first-order valence-electron chi connectivity index (χ1n) is 6.35. The maximum absolute atomic E-state index is 11.0. The Kier molecular flexibility index (Phi) is 5.79. The summed E-state index contributed by atoms with van der Waals surface area (Å²) in [7, 11) is 0. The fourth-order valence-electron chi connectivity index (χ4n) is 1.81. The molecule has 120 valence electrons. The number of halogens is 2. The number of aliphatic carboxylic acids is 1. The highest BCUT2D eigenvalue weighted by Crippen LogP contribution is 2.34. The summed E-state index contributed by atoms with van der Waals surface area (Å²) >= 11 is 13.1. The Bertz CT molecular complexity index is 764. The monoisotopic (exact) mass is 369 g/mol. The first kappa shape index (κ1) is 17.5. The van der Waals surface area contributed by atoms with E-state index < -0.39 is 5.97 Å². The highest BCUT2D eigenvalue weighted by molar-refractivity contribution is 8.03. The van der Waals surface area contributed by atoms with Crippen LogP contribution in [-0.4, -0.2) is 11.1 Å². The molecule has 0 fully saturated rings. The number of nitrogens with one attached hydrogen (secondary N) is 1. The Morgan fingerprint density at radius 2 is 1.70 bits per heavy atom. The number of hydrazine groups is 1. The summed E-state index contributed by atoms with van der Waals surface area (Å²) in [6.45, 7) is 0. The quantitative estimate of drug-likeness (QED) is 0.278. The number of carboxylic acids is 1. The third kappa shape index (κ3) is 4.33. The Balaban J connectivity index is 2.30. The van der Waals surface area contributed by atoms with Crippen molar-refractivity contribution in [1.82, 2.24) is 5.43 Å². The van der Waals surface area contributed by atoms with E-state index in [0.717, 1.165) is 22.9 Å². The molecule has 0 spiro atoms. The van der Waals surface area contributed by atoms with Crippen LogP contribution in [0.15, 0.2) is 58.1 Å². The second-order valence-corrected chi connectivity index (χ2v) is 6.37. The van der Waals surface area contributed by atoms with E-state index in [0.29, 0.717) is 14.9 Å². The fraction of sp³-hybridized carbons (Fsp3) is 0. The molecule has 0 saturated heterocycles. The van der Waals surface area contributed by atoms with Crippen LogP contribution >= 0.6 is 35.0 Å². The van der Waals surface area contributed by atoms with E-state index >= 15 is 0 Å². The van der Waals surface area contributed by atoms with Gasteiger partial charge in [-0.05, 0) is 35.4 Å². The van der Waals surface area contributed by atoms with E-state index in [9.17, 15) is 4.79 Å². The van der Waals surface area contributed by atoms with Crippen LogP contribution in [0.1, 0.15) is 0 Å². The van der Waals surface area contributed by atoms with Crippen molar-refractivity contribution in [3.05, 3.63) is 63.2 Å². The number of thioether (sulfide) groups is 1. The minimum absolute atomic E-state index is 0.0149. The summed E-state index contributed by atoms with van der Waals surface area (Å²) in [5, 5.41) is 10.1. The first-order valence-corrected chi connectivity index (χ1v) is 7.92. The molecule has 0 heterocycles. The third-order valence-electron chi connectivity index (χ3n) is 2.93. The van der Waals surface area contributed by atoms with E-state index in [4.69, 9.17) is 39.9 Å². The van der Waals surface area contributed by atoms with E-state index in [1.54, 1.807) is 24.3 Å². The van der Waals surface area contributed by atoms with Gasteiger partial charge in [0.25, 0.3) is 0 Å². The van der Waals surface area contributed by atoms with Gasteiger partial charge < -0.3 is 16.3 Å². The largest absolute Gasteiger partial charge is 0.476 e. The van der Waals surface area contributed by atoms with Crippen LogP contribution < -0.4 is 17.0 Å². The fourth-order valence-corrected chi connectivity index (χ4v) is 3.01. The lowest BCUT2D eigenvalue weighted by atomic mass is 10.1. The van der Waals surface area contributed by atoms with Gasteiger partial charge in [0.15, 0.2) is 5.70 Å². The SMILES string of the molecule is NN/C(C(=O)O)=C(\N)Sc1ccc(-c2ccc(Cl)cc2)cc1Cl. The standard InChI is InChI=1S/C15H13Cl2N3O2S/c16-10-4-1-8(2-5-10)9-3-6-12(11(17)7-9)23-14(18)13(20-19)15(21)22/h1-7,20H,18-19H2,(H,21,22)/b14-13+. The van der Waals surface area contributed by atoms with Gasteiger partial charge in [-0.15, -0.1) is 0 Å². The van der Waals surface area contributed by atoms with E-state index in [1.165, 1.54) is 0 Å². The molecule has 0 amide bonds. The summed E-state index contributed by atoms with van der Waals surface area (Å²) < 4.78 is 0. The molecule has 0 aliphatic heterocycles. The number of rotatable bonds is 5. The molecule has 23 heavy (non-hydrogen) atoms. The average molecular weight is 370 g/mol. The lowest BCUT2D eigenvalue weighted by Crippen LogP contribution is -2.29. The van der Waals surface area contributed by atoms with Crippen molar-refractivity contribution < 1.29 is 9.90 Å². The summed E-state index contributed by atoms with van der Waals surface area (Å²) in [5.41, 5.74) is 9.40. The van der Waals surface area contributed by atoms with Crippen molar-refractivity contribution in [2.75, 3.05) is 0 Å². The molecule has 6 N–H and O–H groups in total. The van der Waals surface area contributed by atoms with Crippen molar-refractivity contribution >= 4 is 40.9 Å². The maximum Gasteiger partial charge on any atom is 0.356 e. The summed E-state index contributed by atoms with van der Waals surface area (Å²) in [6, 6.07) is 12.8. The number of hydrogen-bond acceptors (Lipinski definition) is 5. The molecule has 0 saturated carbocycles. The first-order chi connectivity index (χ1) is 10.9. The van der Waals surface area contributed by atoms with E-state index in [2.05, 4.69) is 5.43 Å². The van der Waals surface area contributed by atoms with Gasteiger partial charge in [-0.1, -0.05) is 53.2 Å². The Morgan fingerprint density at radius 3 is 2.22 bits per heavy atom. The van der Waals surface area contributed by atoms with Crippen molar-refractivity contribution in [3.63, 3.8) is 0 Å². The van der Waals surface area contributed by atoms with E-state index in [-0.39, 0.29) is 10.7 Å². The second-order valence-electron chi connectivity index (χ2n) is 4.44. The molecule has 2 aromatic rings. The molecule has 2 rings (SSSR count).